The first-order valence-corrected chi connectivity index (χ1v) is 5.27. The molecule has 1 aliphatic carbocycles. The summed E-state index contributed by atoms with van der Waals surface area (Å²) >= 11 is 0. The van der Waals surface area contributed by atoms with Gasteiger partial charge < -0.3 is 9.67 Å². The van der Waals surface area contributed by atoms with E-state index in [4.69, 9.17) is 5.11 Å². The van der Waals surface area contributed by atoms with Crippen LogP contribution in [0.4, 0.5) is 0 Å². The summed E-state index contributed by atoms with van der Waals surface area (Å²) in [6, 6.07) is 0.562. The predicted molar refractivity (Wildman–Crippen MR) is 53.4 cm³/mol. The molecule has 2 rings (SSSR count). The topological polar surface area (TPSA) is 68.0 Å². The first-order valence-electron chi connectivity index (χ1n) is 5.27. The Kier molecular flexibility index (Phi) is 2.70. The largest absolute Gasteiger partial charge is 0.481 e. The van der Waals surface area contributed by atoms with Crippen LogP contribution in [0.25, 0.3) is 0 Å². The summed E-state index contributed by atoms with van der Waals surface area (Å²) in [6.45, 7) is 1.93. The van der Waals surface area contributed by atoms with Crippen LogP contribution in [-0.4, -0.2) is 25.8 Å². The third-order valence-corrected chi connectivity index (χ3v) is 2.64. The third kappa shape index (κ3) is 2.55. The van der Waals surface area contributed by atoms with E-state index in [1.165, 1.54) is 12.8 Å². The molecule has 5 heteroatoms. The molecule has 82 valence electrons. The summed E-state index contributed by atoms with van der Waals surface area (Å²) in [7, 11) is 0. The number of rotatable bonds is 5. The summed E-state index contributed by atoms with van der Waals surface area (Å²) in [5, 5.41) is 16.6. The third-order valence-electron chi connectivity index (χ3n) is 2.64. The van der Waals surface area contributed by atoms with Crippen molar-refractivity contribution in [2.45, 2.75) is 38.6 Å². The minimum Gasteiger partial charge on any atom is -0.481 e. The van der Waals surface area contributed by atoms with E-state index in [1.807, 2.05) is 6.92 Å². The Morgan fingerprint density at radius 2 is 2.47 bits per heavy atom. The second kappa shape index (κ2) is 4.00. The number of aliphatic carboxylic acids is 1. The van der Waals surface area contributed by atoms with Crippen LogP contribution in [0.15, 0.2) is 6.33 Å². The van der Waals surface area contributed by atoms with Crippen molar-refractivity contribution in [1.82, 2.24) is 14.8 Å². The van der Waals surface area contributed by atoms with Gasteiger partial charge in [0.2, 0.25) is 0 Å². The molecule has 0 radical (unpaired) electrons. The van der Waals surface area contributed by atoms with E-state index < -0.39 is 5.97 Å². The highest BCUT2D eigenvalue weighted by atomic mass is 16.4. The van der Waals surface area contributed by atoms with Gasteiger partial charge in [0.25, 0.3) is 0 Å². The van der Waals surface area contributed by atoms with E-state index in [0.717, 1.165) is 5.82 Å². The van der Waals surface area contributed by atoms with Crippen molar-refractivity contribution in [2.75, 3.05) is 0 Å². The quantitative estimate of drug-likeness (QED) is 0.792. The number of nitrogens with zero attached hydrogens (tertiary/aromatic N) is 3. The molecule has 1 aromatic heterocycles. The minimum absolute atomic E-state index is 0.115. The van der Waals surface area contributed by atoms with Gasteiger partial charge in [-0.3, -0.25) is 4.79 Å². The second-order valence-corrected chi connectivity index (χ2v) is 4.29. The number of carboxylic acids is 1. The zero-order chi connectivity index (χ0) is 10.8. The van der Waals surface area contributed by atoms with Crippen LogP contribution in [0, 0.1) is 5.92 Å². The van der Waals surface area contributed by atoms with Gasteiger partial charge in [-0.1, -0.05) is 6.92 Å². The maximum Gasteiger partial charge on any atom is 0.303 e. The highest BCUT2D eigenvalue weighted by Crippen LogP contribution is 2.35. The first-order chi connectivity index (χ1) is 7.16. The van der Waals surface area contributed by atoms with E-state index in [9.17, 15) is 4.79 Å². The highest BCUT2D eigenvalue weighted by Gasteiger charge is 2.26. The fourth-order valence-electron chi connectivity index (χ4n) is 1.75. The molecule has 1 unspecified atom stereocenters. The molecule has 1 aliphatic rings. The van der Waals surface area contributed by atoms with Crippen molar-refractivity contribution in [3.05, 3.63) is 12.2 Å². The molecule has 0 aromatic carbocycles. The maximum absolute atomic E-state index is 10.5. The van der Waals surface area contributed by atoms with Gasteiger partial charge in [-0.15, -0.1) is 10.2 Å². The molecule has 5 nitrogen and oxygen atoms in total. The van der Waals surface area contributed by atoms with Crippen LogP contribution >= 0.6 is 0 Å². The van der Waals surface area contributed by atoms with E-state index in [1.54, 1.807) is 6.33 Å². The standard InChI is InChI=1S/C10H15N3O2/c1-7(5-10(14)15)4-9-12-11-6-13(9)8-2-3-8/h6-8H,2-5H2,1H3,(H,14,15). The van der Waals surface area contributed by atoms with Gasteiger partial charge >= 0.3 is 5.97 Å². The fourth-order valence-corrected chi connectivity index (χ4v) is 1.75. The average Bonchev–Trinajstić information content (AvgIpc) is 2.87. The Morgan fingerprint density at radius 1 is 1.73 bits per heavy atom. The lowest BCUT2D eigenvalue weighted by molar-refractivity contribution is -0.137. The zero-order valence-corrected chi connectivity index (χ0v) is 8.76. The molecule has 0 amide bonds. The molecule has 15 heavy (non-hydrogen) atoms. The van der Waals surface area contributed by atoms with Crippen LogP contribution in [0.1, 0.15) is 38.1 Å². The average molecular weight is 209 g/mol. The second-order valence-electron chi connectivity index (χ2n) is 4.29. The Morgan fingerprint density at radius 3 is 3.07 bits per heavy atom. The van der Waals surface area contributed by atoms with Crippen molar-refractivity contribution >= 4 is 5.97 Å². The Balaban J connectivity index is 1.97. The van der Waals surface area contributed by atoms with E-state index in [2.05, 4.69) is 14.8 Å². The Hall–Kier alpha value is -1.39. The summed E-state index contributed by atoms with van der Waals surface area (Å²) in [6.07, 6.45) is 5.03. The summed E-state index contributed by atoms with van der Waals surface area (Å²) in [5.41, 5.74) is 0. The number of hydrogen-bond donors (Lipinski definition) is 1. The molecule has 1 atom stereocenters. The SMILES string of the molecule is CC(CC(=O)O)Cc1nncn1C1CC1. The molecular formula is C10H15N3O2. The highest BCUT2D eigenvalue weighted by molar-refractivity contribution is 5.66. The van der Waals surface area contributed by atoms with Crippen LogP contribution in [0.5, 0.6) is 0 Å². The molecule has 0 bridgehead atoms. The van der Waals surface area contributed by atoms with Crippen molar-refractivity contribution in [1.29, 1.82) is 0 Å². The normalized spacial score (nSPS) is 17.7. The predicted octanol–water partition coefficient (Wildman–Crippen LogP) is 1.27. The summed E-state index contributed by atoms with van der Waals surface area (Å²) < 4.78 is 2.08. The van der Waals surface area contributed by atoms with Crippen LogP contribution < -0.4 is 0 Å². The van der Waals surface area contributed by atoms with Gasteiger partial charge in [0.05, 0.1) is 0 Å². The van der Waals surface area contributed by atoms with Gasteiger partial charge in [-0.25, -0.2) is 0 Å². The van der Waals surface area contributed by atoms with Crippen molar-refractivity contribution < 1.29 is 9.90 Å². The van der Waals surface area contributed by atoms with E-state index in [-0.39, 0.29) is 12.3 Å². The van der Waals surface area contributed by atoms with Gasteiger partial charge in [-0.2, -0.15) is 0 Å². The molecule has 0 aliphatic heterocycles. The maximum atomic E-state index is 10.5. The van der Waals surface area contributed by atoms with Crippen LogP contribution in [0.2, 0.25) is 0 Å². The van der Waals surface area contributed by atoms with Gasteiger partial charge in [0, 0.05) is 18.9 Å². The summed E-state index contributed by atoms with van der Waals surface area (Å²) in [5.74, 6) is 0.287. The molecule has 1 aromatic rings. The Bertz CT molecular complexity index is 357. The molecule has 0 saturated heterocycles. The lowest BCUT2D eigenvalue weighted by Crippen LogP contribution is -2.11. The first kappa shape index (κ1) is 10.1. The summed E-state index contributed by atoms with van der Waals surface area (Å²) in [4.78, 5) is 10.5. The lowest BCUT2D eigenvalue weighted by atomic mass is 10.0. The molecule has 1 fully saturated rings. The molecular weight excluding hydrogens is 194 g/mol. The van der Waals surface area contributed by atoms with Gasteiger partial charge in [0.15, 0.2) is 0 Å². The Labute approximate surface area is 88.1 Å². The van der Waals surface area contributed by atoms with Crippen molar-refractivity contribution in [3.8, 4) is 0 Å². The molecule has 1 heterocycles. The van der Waals surface area contributed by atoms with Crippen LogP contribution in [0.3, 0.4) is 0 Å². The zero-order valence-electron chi connectivity index (χ0n) is 8.76. The smallest absolute Gasteiger partial charge is 0.303 e. The number of hydrogen-bond acceptors (Lipinski definition) is 3. The van der Waals surface area contributed by atoms with E-state index >= 15 is 0 Å². The monoisotopic (exact) mass is 209 g/mol. The number of aromatic nitrogens is 3. The fraction of sp³-hybridized carbons (Fsp3) is 0.700. The molecule has 0 spiro atoms. The number of carboxylic acid groups (broad SMARTS) is 1. The van der Waals surface area contributed by atoms with Crippen molar-refractivity contribution in [2.24, 2.45) is 5.92 Å². The lowest BCUT2D eigenvalue weighted by Gasteiger charge is -2.09. The van der Waals surface area contributed by atoms with Gasteiger partial charge in [0.1, 0.15) is 12.2 Å². The van der Waals surface area contributed by atoms with Crippen molar-refractivity contribution in [3.63, 3.8) is 0 Å². The van der Waals surface area contributed by atoms with Gasteiger partial charge in [-0.05, 0) is 18.8 Å². The van der Waals surface area contributed by atoms with E-state index in [0.29, 0.717) is 12.5 Å². The minimum atomic E-state index is -0.750. The van der Waals surface area contributed by atoms with Crippen LogP contribution in [-0.2, 0) is 11.2 Å². The molecule has 1 N–H and O–H groups in total. The number of carbonyl (C=O) groups is 1. The molecule has 1 saturated carbocycles.